The second-order valence-electron chi connectivity index (χ2n) is 5.83. The third kappa shape index (κ3) is 2.30. The first-order valence-corrected chi connectivity index (χ1v) is 7.05. The van der Waals surface area contributed by atoms with Crippen LogP contribution in [0.15, 0.2) is 18.2 Å². The number of likely N-dealkylation sites (tertiary alicyclic amines) is 1. The van der Waals surface area contributed by atoms with Crippen LogP contribution in [0.3, 0.4) is 0 Å². The molecule has 2 fully saturated rings. The number of rotatable bonds is 1. The molecule has 0 unspecified atom stereocenters. The zero-order chi connectivity index (χ0) is 14.2. The first kappa shape index (κ1) is 13.5. The van der Waals surface area contributed by atoms with Gasteiger partial charge in [-0.3, -0.25) is 4.79 Å². The van der Waals surface area contributed by atoms with Crippen molar-refractivity contribution in [1.82, 2.24) is 10.2 Å². The number of nitrogens with zero attached hydrogens (tertiary/aromatic N) is 1. The van der Waals surface area contributed by atoms with Gasteiger partial charge in [0.25, 0.3) is 5.91 Å². The van der Waals surface area contributed by atoms with Gasteiger partial charge in [0.1, 0.15) is 0 Å². The molecule has 0 radical (unpaired) electrons. The fraction of sp³-hybridized carbons (Fsp3) is 0.533. The molecule has 0 aliphatic carbocycles. The maximum absolute atomic E-state index is 13.7. The van der Waals surface area contributed by atoms with Gasteiger partial charge in [0, 0.05) is 13.1 Å². The summed E-state index contributed by atoms with van der Waals surface area (Å²) in [6.07, 6.45) is 3.04. The van der Waals surface area contributed by atoms with E-state index in [0.29, 0.717) is 13.1 Å². The second-order valence-corrected chi connectivity index (χ2v) is 5.83. The van der Waals surface area contributed by atoms with Gasteiger partial charge >= 0.3 is 0 Å². The molecule has 1 amide bonds. The molecule has 1 spiro atoms. The van der Waals surface area contributed by atoms with Gasteiger partial charge in [-0.05, 0) is 49.9 Å². The van der Waals surface area contributed by atoms with E-state index in [2.05, 4.69) is 5.32 Å². The SMILES string of the molecule is O=C(c1cccc(F)c1F)N1CCC2(CCNCC2)C1. The molecule has 1 N–H and O–H groups in total. The molecule has 1 aromatic carbocycles. The van der Waals surface area contributed by atoms with E-state index in [0.717, 1.165) is 38.4 Å². The van der Waals surface area contributed by atoms with Gasteiger partial charge < -0.3 is 10.2 Å². The molecule has 20 heavy (non-hydrogen) atoms. The number of carbonyl (C=O) groups is 1. The average Bonchev–Trinajstić information content (AvgIpc) is 2.86. The lowest BCUT2D eigenvalue weighted by atomic mass is 9.78. The second kappa shape index (κ2) is 5.13. The number of nitrogens with one attached hydrogen (secondary N) is 1. The number of amides is 1. The van der Waals surface area contributed by atoms with Crippen molar-refractivity contribution in [2.75, 3.05) is 26.2 Å². The molecule has 3 nitrogen and oxygen atoms in total. The van der Waals surface area contributed by atoms with Crippen molar-refractivity contribution < 1.29 is 13.6 Å². The maximum Gasteiger partial charge on any atom is 0.256 e. The van der Waals surface area contributed by atoms with Crippen LogP contribution in [0.4, 0.5) is 8.78 Å². The topological polar surface area (TPSA) is 32.3 Å². The van der Waals surface area contributed by atoms with Gasteiger partial charge in [0.05, 0.1) is 5.56 Å². The number of carbonyl (C=O) groups excluding carboxylic acids is 1. The van der Waals surface area contributed by atoms with Crippen molar-refractivity contribution in [1.29, 1.82) is 0 Å². The summed E-state index contributed by atoms with van der Waals surface area (Å²) < 4.78 is 26.9. The molecule has 2 heterocycles. The molecular formula is C15H18F2N2O. The quantitative estimate of drug-likeness (QED) is 0.855. The van der Waals surface area contributed by atoms with Crippen molar-refractivity contribution in [2.24, 2.45) is 5.41 Å². The fourth-order valence-corrected chi connectivity index (χ4v) is 3.31. The van der Waals surface area contributed by atoms with Crippen molar-refractivity contribution in [3.63, 3.8) is 0 Å². The van der Waals surface area contributed by atoms with E-state index in [1.807, 2.05) is 0 Å². The molecule has 0 atom stereocenters. The average molecular weight is 280 g/mol. The molecule has 0 aromatic heterocycles. The largest absolute Gasteiger partial charge is 0.338 e. The molecule has 2 saturated heterocycles. The molecule has 0 bridgehead atoms. The minimum Gasteiger partial charge on any atom is -0.338 e. The molecule has 108 valence electrons. The van der Waals surface area contributed by atoms with Crippen LogP contribution in [-0.2, 0) is 0 Å². The molecule has 2 aliphatic rings. The molecular weight excluding hydrogens is 262 g/mol. The van der Waals surface area contributed by atoms with Crippen molar-refractivity contribution >= 4 is 5.91 Å². The monoisotopic (exact) mass is 280 g/mol. The van der Waals surface area contributed by atoms with Crippen molar-refractivity contribution in [3.05, 3.63) is 35.4 Å². The van der Waals surface area contributed by atoms with E-state index < -0.39 is 17.5 Å². The van der Waals surface area contributed by atoms with Gasteiger partial charge in [0.15, 0.2) is 11.6 Å². The zero-order valence-electron chi connectivity index (χ0n) is 11.3. The van der Waals surface area contributed by atoms with E-state index in [1.165, 1.54) is 12.1 Å². The third-order valence-electron chi connectivity index (χ3n) is 4.57. The van der Waals surface area contributed by atoms with Crippen LogP contribution >= 0.6 is 0 Å². The Balaban J connectivity index is 1.77. The van der Waals surface area contributed by atoms with Crippen LogP contribution in [0, 0.1) is 17.0 Å². The first-order chi connectivity index (χ1) is 9.61. The summed E-state index contributed by atoms with van der Waals surface area (Å²) in [6, 6.07) is 3.76. The summed E-state index contributed by atoms with van der Waals surface area (Å²) in [5.41, 5.74) is 0.0148. The van der Waals surface area contributed by atoms with Gasteiger partial charge in [-0.1, -0.05) is 6.07 Å². The lowest BCUT2D eigenvalue weighted by molar-refractivity contribution is 0.0756. The highest BCUT2D eigenvalue weighted by Crippen LogP contribution is 2.39. The van der Waals surface area contributed by atoms with Crippen LogP contribution in [0.25, 0.3) is 0 Å². The summed E-state index contributed by atoms with van der Waals surface area (Å²) in [5, 5.41) is 3.32. The highest BCUT2D eigenvalue weighted by molar-refractivity contribution is 5.94. The highest BCUT2D eigenvalue weighted by Gasteiger charge is 2.41. The Morgan fingerprint density at radius 1 is 1.20 bits per heavy atom. The van der Waals surface area contributed by atoms with Crippen LogP contribution in [0.2, 0.25) is 0 Å². The Kier molecular flexibility index (Phi) is 3.46. The molecule has 3 rings (SSSR count). The lowest BCUT2D eigenvalue weighted by Crippen LogP contribution is -2.39. The Hall–Kier alpha value is -1.49. The predicted molar refractivity (Wildman–Crippen MR) is 71.4 cm³/mol. The van der Waals surface area contributed by atoms with E-state index >= 15 is 0 Å². The van der Waals surface area contributed by atoms with E-state index in [9.17, 15) is 13.6 Å². The maximum atomic E-state index is 13.7. The predicted octanol–water partition coefficient (Wildman–Crippen LogP) is 2.18. The molecule has 2 aliphatic heterocycles. The van der Waals surface area contributed by atoms with Crippen LogP contribution in [0.5, 0.6) is 0 Å². The van der Waals surface area contributed by atoms with Crippen molar-refractivity contribution in [3.8, 4) is 0 Å². The minimum absolute atomic E-state index is 0.156. The molecule has 5 heteroatoms. The Bertz CT molecular complexity index is 527. The summed E-state index contributed by atoms with van der Waals surface area (Å²) in [6.45, 7) is 3.23. The van der Waals surface area contributed by atoms with Crippen LogP contribution < -0.4 is 5.32 Å². The van der Waals surface area contributed by atoms with Gasteiger partial charge in [-0.15, -0.1) is 0 Å². The summed E-state index contributed by atoms with van der Waals surface area (Å²) in [4.78, 5) is 14.0. The van der Waals surface area contributed by atoms with Gasteiger partial charge in [0.2, 0.25) is 0 Å². The number of piperidine rings is 1. The minimum atomic E-state index is -1.04. The van der Waals surface area contributed by atoms with Gasteiger partial charge in [-0.2, -0.15) is 0 Å². The fourth-order valence-electron chi connectivity index (χ4n) is 3.31. The van der Waals surface area contributed by atoms with E-state index in [1.54, 1.807) is 4.90 Å². The van der Waals surface area contributed by atoms with Crippen molar-refractivity contribution in [2.45, 2.75) is 19.3 Å². The number of hydrogen-bond donors (Lipinski definition) is 1. The standard InChI is InChI=1S/C15H18F2N2O/c16-12-3-1-2-11(13(12)17)14(20)19-9-6-15(10-19)4-7-18-8-5-15/h1-3,18H,4-10H2. The molecule has 0 saturated carbocycles. The Morgan fingerprint density at radius 2 is 1.95 bits per heavy atom. The van der Waals surface area contributed by atoms with Crippen LogP contribution in [-0.4, -0.2) is 37.0 Å². The Morgan fingerprint density at radius 3 is 2.70 bits per heavy atom. The number of halogens is 2. The van der Waals surface area contributed by atoms with E-state index in [-0.39, 0.29) is 11.0 Å². The lowest BCUT2D eigenvalue weighted by Gasteiger charge is -2.33. The zero-order valence-corrected chi connectivity index (χ0v) is 11.3. The Labute approximate surface area is 117 Å². The number of hydrogen-bond acceptors (Lipinski definition) is 2. The highest BCUT2D eigenvalue weighted by atomic mass is 19.2. The summed E-state index contributed by atoms with van der Waals surface area (Å²) in [7, 11) is 0. The van der Waals surface area contributed by atoms with E-state index in [4.69, 9.17) is 0 Å². The van der Waals surface area contributed by atoms with Gasteiger partial charge in [-0.25, -0.2) is 8.78 Å². The summed E-state index contributed by atoms with van der Waals surface area (Å²) >= 11 is 0. The summed E-state index contributed by atoms with van der Waals surface area (Å²) in [5.74, 6) is -2.40. The van der Waals surface area contributed by atoms with Crippen LogP contribution in [0.1, 0.15) is 29.6 Å². The third-order valence-corrected chi connectivity index (χ3v) is 4.57. The number of benzene rings is 1. The first-order valence-electron chi connectivity index (χ1n) is 7.05. The normalized spacial score (nSPS) is 21.4. The molecule has 1 aromatic rings. The smallest absolute Gasteiger partial charge is 0.256 e.